The number of aryl methyl sites for hydroxylation is 1. The summed E-state index contributed by atoms with van der Waals surface area (Å²) in [5.41, 5.74) is 7.10. The standard InChI is InChI=1S/C34H33NOS/c1-20(2)15-22-11-12-26-21(3)32(36-29(26)16-22)30-19-24-13-14-35-31(33(24)37-30)25-17-23-9-7-8-10-27(23)28(18-25)34(4,5)6/h7-14,16-20H,15H2,1-6H3. The number of furan rings is 1. The molecule has 2 nitrogen and oxygen atoms in total. The van der Waals surface area contributed by atoms with E-state index in [4.69, 9.17) is 9.40 Å². The molecule has 186 valence electrons. The Balaban J connectivity index is 1.51. The number of hydrogen-bond donors (Lipinski definition) is 0. The second kappa shape index (κ2) is 8.85. The van der Waals surface area contributed by atoms with Crippen LogP contribution in [0.2, 0.25) is 0 Å². The highest BCUT2D eigenvalue weighted by atomic mass is 32.1. The maximum Gasteiger partial charge on any atom is 0.148 e. The molecule has 0 bridgehead atoms. The third kappa shape index (κ3) is 4.26. The summed E-state index contributed by atoms with van der Waals surface area (Å²) in [4.78, 5) is 6.05. The van der Waals surface area contributed by atoms with Gasteiger partial charge in [-0.2, -0.15) is 0 Å². The number of fused-ring (bicyclic) bond motifs is 3. The number of benzene rings is 3. The molecule has 0 aliphatic heterocycles. The lowest BCUT2D eigenvalue weighted by atomic mass is 9.82. The smallest absolute Gasteiger partial charge is 0.148 e. The molecular formula is C34H33NOS. The van der Waals surface area contributed by atoms with Crippen molar-refractivity contribution >= 4 is 43.2 Å². The van der Waals surface area contributed by atoms with Gasteiger partial charge in [0.25, 0.3) is 0 Å². The monoisotopic (exact) mass is 503 g/mol. The summed E-state index contributed by atoms with van der Waals surface area (Å²) >= 11 is 1.78. The van der Waals surface area contributed by atoms with E-state index in [0.717, 1.165) is 28.3 Å². The highest BCUT2D eigenvalue weighted by Crippen LogP contribution is 2.43. The SMILES string of the molecule is Cc1c(-c2cc3ccnc(-c4cc(C(C)(C)C)c5ccccc5c4)c3s2)oc2cc(CC(C)C)ccc12. The predicted octanol–water partition coefficient (Wildman–Crippen LogP) is 10.3. The van der Waals surface area contributed by atoms with Crippen LogP contribution >= 0.6 is 11.3 Å². The average Bonchev–Trinajstić information content (AvgIpc) is 3.43. The van der Waals surface area contributed by atoms with Crippen LogP contribution in [0.3, 0.4) is 0 Å². The summed E-state index contributed by atoms with van der Waals surface area (Å²) < 4.78 is 7.70. The number of nitrogens with zero attached hydrogens (tertiary/aromatic N) is 1. The van der Waals surface area contributed by atoms with Crippen molar-refractivity contribution in [2.45, 2.75) is 53.4 Å². The van der Waals surface area contributed by atoms with Crippen molar-refractivity contribution in [1.82, 2.24) is 4.98 Å². The first-order chi connectivity index (χ1) is 17.7. The van der Waals surface area contributed by atoms with Gasteiger partial charge in [-0.15, -0.1) is 11.3 Å². The first-order valence-corrected chi connectivity index (χ1v) is 14.0. The average molecular weight is 504 g/mol. The molecule has 0 N–H and O–H groups in total. The minimum absolute atomic E-state index is 0.0317. The Morgan fingerprint density at radius 3 is 2.49 bits per heavy atom. The number of pyridine rings is 1. The number of hydrogen-bond acceptors (Lipinski definition) is 3. The summed E-state index contributed by atoms with van der Waals surface area (Å²) in [6.45, 7) is 13.5. The van der Waals surface area contributed by atoms with Crippen molar-refractivity contribution in [2.75, 3.05) is 0 Å². The number of rotatable bonds is 4. The molecule has 3 aromatic carbocycles. The zero-order chi connectivity index (χ0) is 25.9. The maximum absolute atomic E-state index is 6.49. The maximum atomic E-state index is 6.49. The zero-order valence-corrected chi connectivity index (χ0v) is 23.3. The van der Waals surface area contributed by atoms with Crippen molar-refractivity contribution in [3.05, 3.63) is 89.6 Å². The first-order valence-electron chi connectivity index (χ1n) is 13.1. The van der Waals surface area contributed by atoms with Gasteiger partial charge in [0.1, 0.15) is 11.3 Å². The summed E-state index contributed by atoms with van der Waals surface area (Å²) in [5.74, 6) is 1.59. The third-order valence-corrected chi connectivity index (χ3v) is 8.40. The fourth-order valence-electron chi connectivity index (χ4n) is 5.45. The van der Waals surface area contributed by atoms with Crippen LogP contribution in [0.1, 0.15) is 51.3 Å². The Labute approximate surface area is 223 Å². The van der Waals surface area contributed by atoms with Crippen LogP contribution in [-0.2, 0) is 11.8 Å². The molecular weight excluding hydrogens is 470 g/mol. The van der Waals surface area contributed by atoms with E-state index in [1.54, 1.807) is 11.3 Å². The van der Waals surface area contributed by atoms with E-state index in [9.17, 15) is 0 Å². The molecule has 6 rings (SSSR count). The molecule has 0 fully saturated rings. The van der Waals surface area contributed by atoms with Gasteiger partial charge in [0.15, 0.2) is 0 Å². The summed E-state index contributed by atoms with van der Waals surface area (Å²) in [5, 5.41) is 4.97. The van der Waals surface area contributed by atoms with E-state index in [1.807, 2.05) is 6.20 Å². The van der Waals surface area contributed by atoms with Gasteiger partial charge in [0.05, 0.1) is 15.3 Å². The Morgan fingerprint density at radius 2 is 1.70 bits per heavy atom. The Bertz CT molecular complexity index is 1780. The second-order valence-corrected chi connectivity index (χ2v) is 12.7. The summed E-state index contributed by atoms with van der Waals surface area (Å²) in [6.07, 6.45) is 3.00. The van der Waals surface area contributed by atoms with Crippen molar-refractivity contribution in [3.63, 3.8) is 0 Å². The minimum Gasteiger partial charge on any atom is -0.455 e. The second-order valence-electron chi connectivity index (χ2n) is 11.7. The number of aromatic nitrogens is 1. The molecule has 0 atom stereocenters. The predicted molar refractivity (Wildman–Crippen MR) is 160 cm³/mol. The van der Waals surface area contributed by atoms with Gasteiger partial charge in [-0.1, -0.05) is 71.0 Å². The van der Waals surface area contributed by atoms with E-state index >= 15 is 0 Å². The van der Waals surface area contributed by atoms with E-state index in [0.29, 0.717) is 5.92 Å². The topological polar surface area (TPSA) is 26.0 Å². The van der Waals surface area contributed by atoms with Crippen LogP contribution in [0.25, 0.3) is 53.7 Å². The van der Waals surface area contributed by atoms with Crippen LogP contribution in [0, 0.1) is 12.8 Å². The summed E-state index contributed by atoms with van der Waals surface area (Å²) in [6, 6.07) is 24.4. The summed E-state index contributed by atoms with van der Waals surface area (Å²) in [7, 11) is 0. The molecule has 0 saturated carbocycles. The lowest BCUT2D eigenvalue weighted by Crippen LogP contribution is -2.12. The van der Waals surface area contributed by atoms with Crippen LogP contribution in [0.5, 0.6) is 0 Å². The van der Waals surface area contributed by atoms with Crippen LogP contribution < -0.4 is 0 Å². The van der Waals surface area contributed by atoms with Gasteiger partial charge >= 0.3 is 0 Å². The van der Waals surface area contributed by atoms with Crippen LogP contribution in [0.15, 0.2) is 77.3 Å². The fourth-order valence-corrected chi connectivity index (χ4v) is 6.66. The molecule has 0 amide bonds. The van der Waals surface area contributed by atoms with Crippen molar-refractivity contribution < 1.29 is 4.42 Å². The molecule has 37 heavy (non-hydrogen) atoms. The van der Waals surface area contributed by atoms with E-state index < -0.39 is 0 Å². The normalized spacial score (nSPS) is 12.4. The molecule has 3 heteroatoms. The highest BCUT2D eigenvalue weighted by molar-refractivity contribution is 7.22. The fraction of sp³-hybridized carbons (Fsp3) is 0.265. The van der Waals surface area contributed by atoms with Gasteiger partial charge in [-0.25, -0.2) is 0 Å². The first kappa shape index (κ1) is 23.9. The quantitative estimate of drug-likeness (QED) is 0.239. The van der Waals surface area contributed by atoms with Gasteiger partial charge < -0.3 is 4.42 Å². The Morgan fingerprint density at radius 1 is 0.892 bits per heavy atom. The minimum atomic E-state index is 0.0317. The van der Waals surface area contributed by atoms with Gasteiger partial charge in [-0.05, 0) is 82.3 Å². The molecule has 0 radical (unpaired) electrons. The van der Waals surface area contributed by atoms with E-state index in [-0.39, 0.29) is 5.41 Å². The highest BCUT2D eigenvalue weighted by Gasteiger charge is 2.21. The van der Waals surface area contributed by atoms with Gasteiger partial charge in [0.2, 0.25) is 0 Å². The van der Waals surface area contributed by atoms with Gasteiger partial charge in [-0.3, -0.25) is 4.98 Å². The molecule has 0 saturated heterocycles. The van der Waals surface area contributed by atoms with Crippen LogP contribution in [-0.4, -0.2) is 4.98 Å². The lowest BCUT2D eigenvalue weighted by Gasteiger charge is -2.22. The van der Waals surface area contributed by atoms with Crippen molar-refractivity contribution in [1.29, 1.82) is 0 Å². The number of thiophene rings is 1. The molecule has 0 aliphatic carbocycles. The van der Waals surface area contributed by atoms with E-state index in [1.165, 1.54) is 48.5 Å². The van der Waals surface area contributed by atoms with Gasteiger partial charge in [0, 0.05) is 22.7 Å². The molecule has 0 unspecified atom stereocenters. The van der Waals surface area contributed by atoms with Crippen molar-refractivity contribution in [3.8, 4) is 21.9 Å². The Kier molecular flexibility index (Phi) is 5.72. The molecule has 0 spiro atoms. The van der Waals surface area contributed by atoms with Crippen LogP contribution in [0.4, 0.5) is 0 Å². The molecule has 0 aliphatic rings. The van der Waals surface area contributed by atoms with Crippen molar-refractivity contribution in [2.24, 2.45) is 5.92 Å². The lowest BCUT2D eigenvalue weighted by molar-refractivity contribution is 0.596. The zero-order valence-electron chi connectivity index (χ0n) is 22.5. The Hall–Kier alpha value is -3.43. The van der Waals surface area contributed by atoms with E-state index in [2.05, 4.69) is 108 Å². The molecule has 3 heterocycles. The molecule has 3 aromatic heterocycles. The largest absolute Gasteiger partial charge is 0.455 e. The third-order valence-electron chi connectivity index (χ3n) is 7.25. The molecule has 6 aromatic rings.